The molecule has 2 aromatic rings. The third-order valence-corrected chi connectivity index (χ3v) is 5.62. The van der Waals surface area contributed by atoms with Crippen LogP contribution >= 0.6 is 11.6 Å². The summed E-state index contributed by atoms with van der Waals surface area (Å²) in [6.45, 7) is 6.02. The lowest BCUT2D eigenvalue weighted by molar-refractivity contribution is -0.121. The molecule has 0 saturated heterocycles. The number of hydrogen-bond acceptors (Lipinski definition) is 4. The standard InChI is InChI=1S/C20H25ClN2O4S/c1-14-8-9-19(15(2)12-14)27-11-10-22-20(24)16(3)23(28(4,25)26)18-7-5-6-17(21)13-18/h5-9,12-13,16H,10-11H2,1-4H3,(H,22,24). The third-order valence-electron chi connectivity index (χ3n) is 4.14. The van der Waals surface area contributed by atoms with E-state index in [4.69, 9.17) is 16.3 Å². The summed E-state index contributed by atoms with van der Waals surface area (Å²) in [7, 11) is -3.68. The molecule has 1 amide bonds. The number of sulfonamides is 1. The number of carbonyl (C=O) groups excluding carboxylic acids is 1. The molecule has 0 aliphatic carbocycles. The number of nitrogens with zero attached hydrogens (tertiary/aromatic N) is 1. The average molecular weight is 425 g/mol. The van der Waals surface area contributed by atoms with Crippen molar-refractivity contribution in [1.82, 2.24) is 5.32 Å². The molecule has 0 spiro atoms. The Hall–Kier alpha value is -2.25. The fourth-order valence-corrected chi connectivity index (χ4v) is 4.22. The first kappa shape index (κ1) is 22.0. The number of halogens is 1. The molecule has 2 aromatic carbocycles. The maximum absolute atomic E-state index is 12.5. The zero-order chi connectivity index (χ0) is 20.9. The van der Waals surface area contributed by atoms with Gasteiger partial charge in [-0.2, -0.15) is 0 Å². The second-order valence-electron chi connectivity index (χ2n) is 6.62. The van der Waals surface area contributed by atoms with E-state index < -0.39 is 22.0 Å². The van der Waals surface area contributed by atoms with E-state index in [0.717, 1.165) is 27.4 Å². The van der Waals surface area contributed by atoms with Crippen LogP contribution in [-0.4, -0.2) is 39.8 Å². The smallest absolute Gasteiger partial charge is 0.243 e. The van der Waals surface area contributed by atoms with Gasteiger partial charge >= 0.3 is 0 Å². The van der Waals surface area contributed by atoms with Gasteiger partial charge in [0, 0.05) is 5.02 Å². The summed E-state index contributed by atoms with van der Waals surface area (Å²) in [6.07, 6.45) is 1.06. The molecule has 0 aromatic heterocycles. The van der Waals surface area contributed by atoms with E-state index in [2.05, 4.69) is 5.32 Å². The molecule has 152 valence electrons. The van der Waals surface area contributed by atoms with Crippen molar-refractivity contribution in [2.75, 3.05) is 23.7 Å². The van der Waals surface area contributed by atoms with Gasteiger partial charge in [-0.05, 0) is 50.6 Å². The molecule has 6 nitrogen and oxygen atoms in total. The zero-order valence-corrected chi connectivity index (χ0v) is 18.0. The summed E-state index contributed by atoms with van der Waals surface area (Å²) in [5.74, 6) is 0.333. The van der Waals surface area contributed by atoms with Gasteiger partial charge in [-0.1, -0.05) is 35.4 Å². The second-order valence-corrected chi connectivity index (χ2v) is 8.92. The Labute approximate surface area is 171 Å². The summed E-state index contributed by atoms with van der Waals surface area (Å²) < 4.78 is 31.2. The van der Waals surface area contributed by atoms with E-state index in [9.17, 15) is 13.2 Å². The maximum Gasteiger partial charge on any atom is 0.243 e. The molecule has 0 aliphatic rings. The van der Waals surface area contributed by atoms with Crippen LogP contribution in [0.15, 0.2) is 42.5 Å². The average Bonchev–Trinajstić information content (AvgIpc) is 2.59. The Morgan fingerprint density at radius 3 is 2.54 bits per heavy atom. The van der Waals surface area contributed by atoms with Crippen LogP contribution in [0, 0.1) is 13.8 Å². The Morgan fingerprint density at radius 1 is 1.21 bits per heavy atom. The Bertz CT molecular complexity index is 947. The lowest BCUT2D eigenvalue weighted by Crippen LogP contribution is -2.48. The van der Waals surface area contributed by atoms with Gasteiger partial charge in [0.25, 0.3) is 0 Å². The topological polar surface area (TPSA) is 75.7 Å². The van der Waals surface area contributed by atoms with Crippen molar-refractivity contribution in [2.45, 2.75) is 26.8 Å². The Morgan fingerprint density at radius 2 is 1.93 bits per heavy atom. The number of rotatable bonds is 8. The first-order chi connectivity index (χ1) is 13.1. The van der Waals surface area contributed by atoms with Crippen LogP contribution in [0.5, 0.6) is 5.75 Å². The molecule has 0 heterocycles. The van der Waals surface area contributed by atoms with Gasteiger partial charge < -0.3 is 10.1 Å². The van der Waals surface area contributed by atoms with E-state index in [-0.39, 0.29) is 13.2 Å². The number of hydrogen-bond donors (Lipinski definition) is 1. The summed E-state index contributed by atoms with van der Waals surface area (Å²) in [4.78, 5) is 12.5. The first-order valence-electron chi connectivity index (χ1n) is 8.82. The molecule has 0 bridgehead atoms. The molecule has 0 fully saturated rings. The van der Waals surface area contributed by atoms with Crippen molar-refractivity contribution in [3.05, 3.63) is 58.6 Å². The first-order valence-corrected chi connectivity index (χ1v) is 11.0. The number of anilines is 1. The molecular weight excluding hydrogens is 400 g/mol. The van der Waals surface area contributed by atoms with Crippen molar-refractivity contribution < 1.29 is 17.9 Å². The molecule has 1 N–H and O–H groups in total. The number of carbonyl (C=O) groups is 1. The van der Waals surface area contributed by atoms with Gasteiger partial charge in [0.2, 0.25) is 15.9 Å². The van der Waals surface area contributed by atoms with Crippen LogP contribution in [0.2, 0.25) is 5.02 Å². The lowest BCUT2D eigenvalue weighted by atomic mass is 10.1. The van der Waals surface area contributed by atoms with Crippen molar-refractivity contribution in [3.8, 4) is 5.75 Å². The molecule has 1 unspecified atom stereocenters. The van der Waals surface area contributed by atoms with Gasteiger partial charge in [0.15, 0.2) is 0 Å². The zero-order valence-electron chi connectivity index (χ0n) is 16.4. The van der Waals surface area contributed by atoms with Crippen molar-refractivity contribution in [2.24, 2.45) is 0 Å². The fourth-order valence-electron chi connectivity index (χ4n) is 2.87. The van der Waals surface area contributed by atoms with Crippen LogP contribution < -0.4 is 14.4 Å². The minimum atomic E-state index is -3.68. The highest BCUT2D eigenvalue weighted by Gasteiger charge is 2.29. The van der Waals surface area contributed by atoms with Crippen LogP contribution in [-0.2, 0) is 14.8 Å². The van der Waals surface area contributed by atoms with Crippen molar-refractivity contribution >= 4 is 33.2 Å². The van der Waals surface area contributed by atoms with Crippen molar-refractivity contribution in [3.63, 3.8) is 0 Å². The largest absolute Gasteiger partial charge is 0.491 e. The van der Waals surface area contributed by atoms with Crippen LogP contribution in [0.1, 0.15) is 18.1 Å². The van der Waals surface area contributed by atoms with E-state index in [0.29, 0.717) is 10.7 Å². The molecular formula is C20H25ClN2O4S. The second kappa shape index (κ2) is 9.30. The quantitative estimate of drug-likeness (QED) is 0.659. The number of aryl methyl sites for hydroxylation is 2. The monoisotopic (exact) mass is 424 g/mol. The number of benzene rings is 2. The highest BCUT2D eigenvalue weighted by molar-refractivity contribution is 7.92. The Balaban J connectivity index is 1.99. The van der Waals surface area contributed by atoms with Gasteiger partial charge in [0.1, 0.15) is 18.4 Å². The molecule has 0 saturated carbocycles. The van der Waals surface area contributed by atoms with Crippen molar-refractivity contribution in [1.29, 1.82) is 0 Å². The van der Waals surface area contributed by atoms with Crippen LogP contribution in [0.25, 0.3) is 0 Å². The normalized spacial score (nSPS) is 12.3. The minimum Gasteiger partial charge on any atom is -0.491 e. The van der Waals surface area contributed by atoms with E-state index in [1.165, 1.54) is 13.0 Å². The molecule has 8 heteroatoms. The van der Waals surface area contributed by atoms with Gasteiger partial charge in [0.05, 0.1) is 18.5 Å². The van der Waals surface area contributed by atoms with Gasteiger partial charge in [-0.15, -0.1) is 0 Å². The number of ether oxygens (including phenoxy) is 1. The SMILES string of the molecule is Cc1ccc(OCCNC(=O)C(C)N(c2cccc(Cl)c2)S(C)(=O)=O)c(C)c1. The summed E-state index contributed by atoms with van der Waals surface area (Å²) in [5, 5.41) is 3.11. The summed E-state index contributed by atoms with van der Waals surface area (Å²) in [5.41, 5.74) is 2.50. The summed E-state index contributed by atoms with van der Waals surface area (Å²) in [6, 6.07) is 11.3. The van der Waals surface area contributed by atoms with Gasteiger partial charge in [-0.25, -0.2) is 8.42 Å². The molecule has 0 radical (unpaired) electrons. The van der Waals surface area contributed by atoms with E-state index in [1.807, 2.05) is 32.0 Å². The van der Waals surface area contributed by atoms with E-state index in [1.54, 1.807) is 18.2 Å². The van der Waals surface area contributed by atoms with Crippen LogP contribution in [0.4, 0.5) is 5.69 Å². The highest BCUT2D eigenvalue weighted by atomic mass is 35.5. The number of nitrogens with one attached hydrogen (secondary N) is 1. The predicted molar refractivity (Wildman–Crippen MR) is 113 cm³/mol. The molecule has 0 aliphatic heterocycles. The third kappa shape index (κ3) is 5.87. The molecule has 2 rings (SSSR count). The maximum atomic E-state index is 12.5. The minimum absolute atomic E-state index is 0.254. The lowest BCUT2D eigenvalue weighted by Gasteiger charge is -2.28. The van der Waals surface area contributed by atoms with Crippen LogP contribution in [0.3, 0.4) is 0 Å². The molecule has 28 heavy (non-hydrogen) atoms. The van der Waals surface area contributed by atoms with E-state index >= 15 is 0 Å². The fraction of sp³-hybridized carbons (Fsp3) is 0.350. The highest BCUT2D eigenvalue weighted by Crippen LogP contribution is 2.24. The van der Waals surface area contributed by atoms with Gasteiger partial charge in [-0.3, -0.25) is 9.10 Å². The summed E-state index contributed by atoms with van der Waals surface area (Å²) >= 11 is 5.97. The predicted octanol–water partition coefficient (Wildman–Crippen LogP) is 3.31. The molecule has 1 atom stereocenters. The number of amides is 1. The Kier molecular flexibility index (Phi) is 7.32.